The van der Waals surface area contributed by atoms with E-state index in [2.05, 4.69) is 0 Å². The Balaban J connectivity index is 2.04. The van der Waals surface area contributed by atoms with Gasteiger partial charge in [0.2, 0.25) is 0 Å². The molecule has 1 aliphatic heterocycles. The Morgan fingerprint density at radius 1 is 0.844 bits per heavy atom. The van der Waals surface area contributed by atoms with Crippen LogP contribution in [0.2, 0.25) is 0 Å². The number of benzene rings is 1. The van der Waals surface area contributed by atoms with Crippen molar-refractivity contribution in [3.8, 4) is 5.75 Å². The lowest BCUT2D eigenvalue weighted by atomic mass is 10.2. The topological polar surface area (TPSA) is 111 Å². The number of ether oxygens (including phenoxy) is 7. The molecule has 2 rings (SSSR count). The van der Waals surface area contributed by atoms with Crippen molar-refractivity contribution in [1.82, 2.24) is 0 Å². The van der Waals surface area contributed by atoms with Gasteiger partial charge < -0.3 is 38.1 Å². The van der Waals surface area contributed by atoms with Crippen LogP contribution in [-0.4, -0.2) is 104 Å². The first-order chi connectivity index (χ1) is 15.7. The monoisotopic (exact) mass is 458 g/mol. The largest absolute Gasteiger partial charge is 0.489 e. The molecular weight excluding hydrogens is 424 g/mol. The van der Waals surface area contributed by atoms with Gasteiger partial charge in [-0.3, -0.25) is 10.1 Å². The van der Waals surface area contributed by atoms with Crippen LogP contribution in [0.1, 0.15) is 0 Å². The van der Waals surface area contributed by atoms with Gasteiger partial charge >= 0.3 is 0 Å². The highest BCUT2D eigenvalue weighted by molar-refractivity contribution is 5.62. The predicted molar refractivity (Wildman–Crippen MR) is 117 cm³/mol. The van der Waals surface area contributed by atoms with Crippen LogP contribution in [0.15, 0.2) is 18.2 Å². The molecule has 1 fully saturated rings. The standard InChI is InChI=1S/C21H34N2O9/c1-26-8-17-32-21-18-19(23(24)25)2-3-20(21)22-4-6-27-9-11-29-13-15-31-16-14-30-12-10-28-7-5-22/h2-3,18H,4-17H2,1H3. The molecule has 0 bridgehead atoms. The second kappa shape index (κ2) is 16.6. The van der Waals surface area contributed by atoms with Crippen LogP contribution < -0.4 is 9.64 Å². The first-order valence-corrected chi connectivity index (χ1v) is 10.8. The van der Waals surface area contributed by atoms with E-state index in [4.69, 9.17) is 33.2 Å². The second-order valence-electron chi connectivity index (χ2n) is 6.80. The number of non-ortho nitro benzene ring substituents is 1. The molecule has 1 aliphatic rings. The maximum Gasteiger partial charge on any atom is 0.273 e. The summed E-state index contributed by atoms with van der Waals surface area (Å²) in [6, 6.07) is 4.59. The maximum absolute atomic E-state index is 11.2. The fourth-order valence-electron chi connectivity index (χ4n) is 2.91. The summed E-state index contributed by atoms with van der Waals surface area (Å²) in [5.41, 5.74) is 0.700. The quantitative estimate of drug-likeness (QED) is 0.353. The van der Waals surface area contributed by atoms with Crippen molar-refractivity contribution in [3.05, 3.63) is 28.3 Å². The summed E-state index contributed by atoms with van der Waals surface area (Å²) in [7, 11) is 1.57. The molecule has 0 unspecified atom stereocenters. The van der Waals surface area contributed by atoms with Gasteiger partial charge in [0.25, 0.3) is 5.69 Å². The Labute approximate surface area is 188 Å². The van der Waals surface area contributed by atoms with Gasteiger partial charge in [0.05, 0.1) is 89.4 Å². The molecule has 0 aliphatic carbocycles. The van der Waals surface area contributed by atoms with Crippen molar-refractivity contribution in [3.63, 3.8) is 0 Å². The average molecular weight is 459 g/mol. The molecule has 0 N–H and O–H groups in total. The van der Waals surface area contributed by atoms with Crippen LogP contribution in [0.5, 0.6) is 5.75 Å². The molecule has 0 saturated carbocycles. The Morgan fingerprint density at radius 3 is 1.81 bits per heavy atom. The van der Waals surface area contributed by atoms with Crippen molar-refractivity contribution in [2.75, 3.05) is 104 Å². The highest BCUT2D eigenvalue weighted by atomic mass is 16.6. The van der Waals surface area contributed by atoms with Gasteiger partial charge in [-0.1, -0.05) is 0 Å². The van der Waals surface area contributed by atoms with Crippen molar-refractivity contribution >= 4 is 11.4 Å². The summed E-state index contributed by atoms with van der Waals surface area (Å²) in [5, 5.41) is 11.2. The lowest BCUT2D eigenvalue weighted by molar-refractivity contribution is -0.384. The number of rotatable bonds is 6. The molecular formula is C21H34N2O9. The second-order valence-corrected chi connectivity index (χ2v) is 6.80. The molecule has 182 valence electrons. The molecule has 32 heavy (non-hydrogen) atoms. The molecule has 0 atom stereocenters. The number of nitro benzene ring substituents is 1. The number of hydrogen-bond donors (Lipinski definition) is 0. The summed E-state index contributed by atoms with van der Waals surface area (Å²) >= 11 is 0. The fraction of sp³-hybridized carbons (Fsp3) is 0.714. The number of nitro groups is 1. The van der Waals surface area contributed by atoms with Gasteiger partial charge in [-0.05, 0) is 6.07 Å². The van der Waals surface area contributed by atoms with Gasteiger partial charge in [0.1, 0.15) is 12.4 Å². The van der Waals surface area contributed by atoms with E-state index in [0.717, 1.165) is 5.69 Å². The van der Waals surface area contributed by atoms with Gasteiger partial charge in [0, 0.05) is 26.3 Å². The van der Waals surface area contributed by atoms with Crippen LogP contribution in [0, 0.1) is 10.1 Å². The zero-order valence-electron chi connectivity index (χ0n) is 18.7. The van der Waals surface area contributed by atoms with Crippen LogP contribution >= 0.6 is 0 Å². The highest BCUT2D eigenvalue weighted by Crippen LogP contribution is 2.32. The third-order valence-electron chi connectivity index (χ3n) is 4.54. The fourth-order valence-corrected chi connectivity index (χ4v) is 2.91. The van der Waals surface area contributed by atoms with Crippen LogP contribution in [0.4, 0.5) is 11.4 Å². The minimum atomic E-state index is -0.441. The van der Waals surface area contributed by atoms with Gasteiger partial charge in [-0.15, -0.1) is 0 Å². The maximum atomic E-state index is 11.2. The van der Waals surface area contributed by atoms with E-state index >= 15 is 0 Å². The third-order valence-corrected chi connectivity index (χ3v) is 4.54. The van der Waals surface area contributed by atoms with Crippen molar-refractivity contribution in [2.24, 2.45) is 0 Å². The minimum Gasteiger partial charge on any atom is -0.489 e. The summed E-state index contributed by atoms with van der Waals surface area (Å²) in [4.78, 5) is 12.8. The Kier molecular flexibility index (Phi) is 13.6. The van der Waals surface area contributed by atoms with Crippen molar-refractivity contribution in [1.29, 1.82) is 0 Å². The van der Waals surface area contributed by atoms with Crippen molar-refractivity contribution < 1.29 is 38.1 Å². The van der Waals surface area contributed by atoms with Gasteiger partial charge in [-0.25, -0.2) is 0 Å². The zero-order valence-corrected chi connectivity index (χ0v) is 18.7. The highest BCUT2D eigenvalue weighted by Gasteiger charge is 2.17. The lowest BCUT2D eigenvalue weighted by Gasteiger charge is -2.27. The molecule has 0 spiro atoms. The van der Waals surface area contributed by atoms with Crippen molar-refractivity contribution in [2.45, 2.75) is 0 Å². The number of nitrogens with zero attached hydrogens (tertiary/aromatic N) is 2. The molecule has 1 saturated heterocycles. The van der Waals surface area contributed by atoms with E-state index in [-0.39, 0.29) is 12.3 Å². The Hall–Kier alpha value is -2.02. The van der Waals surface area contributed by atoms with E-state index < -0.39 is 4.92 Å². The number of hydrogen-bond acceptors (Lipinski definition) is 10. The molecule has 11 nitrogen and oxygen atoms in total. The number of methoxy groups -OCH3 is 1. The zero-order chi connectivity index (χ0) is 22.9. The molecule has 1 heterocycles. The summed E-state index contributed by atoms with van der Waals surface area (Å²) in [6.07, 6.45) is 0. The molecule has 1 aromatic carbocycles. The molecule has 0 aromatic heterocycles. The summed E-state index contributed by atoms with van der Waals surface area (Å²) in [5.74, 6) is 0.421. The van der Waals surface area contributed by atoms with E-state index in [1.54, 1.807) is 13.2 Å². The summed E-state index contributed by atoms with van der Waals surface area (Å²) < 4.78 is 38.6. The minimum absolute atomic E-state index is 0.0339. The Bertz CT molecular complexity index is 630. The predicted octanol–water partition coefficient (Wildman–Crippen LogP) is 1.52. The lowest BCUT2D eigenvalue weighted by Crippen LogP contribution is -2.32. The first-order valence-electron chi connectivity index (χ1n) is 10.8. The normalized spacial score (nSPS) is 18.5. The van der Waals surface area contributed by atoms with Crippen LogP contribution in [-0.2, 0) is 28.4 Å². The average Bonchev–Trinajstić information content (AvgIpc) is 2.79. The van der Waals surface area contributed by atoms with E-state index in [9.17, 15) is 10.1 Å². The van der Waals surface area contributed by atoms with Crippen LogP contribution in [0.25, 0.3) is 0 Å². The van der Waals surface area contributed by atoms with Crippen LogP contribution in [0.3, 0.4) is 0 Å². The van der Waals surface area contributed by atoms with Gasteiger partial charge in [-0.2, -0.15) is 0 Å². The SMILES string of the molecule is COCCOc1cc([N+](=O)[O-])ccc1N1CCOCCOCCOCCOCCOCC1. The molecule has 0 amide bonds. The Morgan fingerprint density at radius 2 is 1.34 bits per heavy atom. The van der Waals surface area contributed by atoms with E-state index in [1.807, 2.05) is 4.90 Å². The molecule has 0 radical (unpaired) electrons. The third kappa shape index (κ3) is 10.5. The summed E-state index contributed by atoms with van der Waals surface area (Å²) in [6.45, 7) is 6.60. The molecule has 11 heteroatoms. The van der Waals surface area contributed by atoms with E-state index in [1.165, 1.54) is 12.1 Å². The number of anilines is 1. The van der Waals surface area contributed by atoms with Gasteiger partial charge in [0.15, 0.2) is 0 Å². The first kappa shape index (κ1) is 26.2. The molecule has 1 aromatic rings. The smallest absolute Gasteiger partial charge is 0.273 e. The van der Waals surface area contributed by atoms with E-state index in [0.29, 0.717) is 91.5 Å².